The van der Waals surface area contributed by atoms with Crippen molar-refractivity contribution in [2.24, 2.45) is 5.41 Å². The number of rotatable bonds is 9. The first-order valence-electron chi connectivity index (χ1n) is 11.9. The fourth-order valence-electron chi connectivity index (χ4n) is 4.99. The Morgan fingerprint density at radius 2 is 1.51 bits per heavy atom. The highest BCUT2D eigenvalue weighted by Gasteiger charge is 2.35. The van der Waals surface area contributed by atoms with Gasteiger partial charge in [-0.25, -0.2) is 4.79 Å². The zero-order valence-corrected chi connectivity index (χ0v) is 21.8. The van der Waals surface area contributed by atoms with Gasteiger partial charge in [-0.2, -0.15) is 0 Å². The maximum atomic E-state index is 12.4. The van der Waals surface area contributed by atoms with E-state index in [-0.39, 0.29) is 23.8 Å². The minimum Gasteiger partial charge on any atom is -0.458 e. The van der Waals surface area contributed by atoms with E-state index >= 15 is 0 Å². The highest BCUT2D eigenvalue weighted by atomic mass is 16.6. The number of nitro benzene ring substituents is 3. The van der Waals surface area contributed by atoms with Gasteiger partial charge in [0, 0.05) is 35.6 Å². The summed E-state index contributed by atoms with van der Waals surface area (Å²) in [6.07, 6.45) is 9.66. The Morgan fingerprint density at radius 3 is 2.05 bits per heavy atom. The molecule has 0 heterocycles. The summed E-state index contributed by atoms with van der Waals surface area (Å²) in [6.45, 7) is 7.84. The molecule has 202 valence electrons. The van der Waals surface area contributed by atoms with Crippen LogP contribution < -0.4 is 0 Å². The zero-order chi connectivity index (χ0) is 28.9. The van der Waals surface area contributed by atoms with E-state index in [0.29, 0.717) is 0 Å². The van der Waals surface area contributed by atoms with E-state index in [2.05, 4.69) is 25.2 Å². The van der Waals surface area contributed by atoms with Gasteiger partial charge in [-0.05, 0) is 32.4 Å². The smallest absolute Gasteiger partial charge is 0.338 e. The third-order valence-electron chi connectivity index (χ3n) is 6.30. The van der Waals surface area contributed by atoms with Crippen molar-refractivity contribution in [1.29, 1.82) is 0 Å². The van der Waals surface area contributed by atoms with Gasteiger partial charge in [0.15, 0.2) is 0 Å². The lowest BCUT2D eigenvalue weighted by molar-refractivity contribution is -0.394. The van der Waals surface area contributed by atoms with Crippen LogP contribution in [0, 0.1) is 35.8 Å². The predicted molar refractivity (Wildman–Crippen MR) is 144 cm³/mol. The van der Waals surface area contributed by atoms with Crippen LogP contribution in [0.3, 0.4) is 0 Å². The number of hydrogen-bond acceptors (Lipinski definition) is 8. The summed E-state index contributed by atoms with van der Waals surface area (Å²) in [4.78, 5) is 43.5. The second-order valence-electron chi connectivity index (χ2n) is 9.57. The molecular weight excluding hydrogens is 506 g/mol. The fraction of sp³-hybridized carbons (Fsp3) is 0.250. The second kappa shape index (κ2) is 11.6. The SMILES string of the molecule is CC1=C[C@@](C)(/C=C(C)/C=C/COC(=O)c2cc([N+](=O)[O-])cc([N+](=O)[O-])c2)[C@@H](c2ccc([N+](=O)[O-])cc2)C(C)=C1. The largest absolute Gasteiger partial charge is 0.458 e. The summed E-state index contributed by atoms with van der Waals surface area (Å²) >= 11 is 0. The topological polar surface area (TPSA) is 156 Å². The van der Waals surface area contributed by atoms with E-state index in [1.165, 1.54) is 12.1 Å². The third-order valence-corrected chi connectivity index (χ3v) is 6.30. The Morgan fingerprint density at radius 1 is 0.949 bits per heavy atom. The van der Waals surface area contributed by atoms with Crippen molar-refractivity contribution in [1.82, 2.24) is 0 Å². The first-order chi connectivity index (χ1) is 18.3. The normalized spacial score (nSPS) is 19.3. The Hall–Kier alpha value is -4.93. The molecule has 3 rings (SSSR count). The molecule has 0 N–H and O–H groups in total. The molecule has 0 saturated carbocycles. The molecule has 0 unspecified atom stereocenters. The molecule has 0 saturated heterocycles. The summed E-state index contributed by atoms with van der Waals surface area (Å²) in [5.41, 5.74) is 2.11. The van der Waals surface area contributed by atoms with Gasteiger partial charge in [0.05, 0.1) is 26.4 Å². The van der Waals surface area contributed by atoms with Crippen LogP contribution in [0.2, 0.25) is 0 Å². The zero-order valence-electron chi connectivity index (χ0n) is 21.8. The molecule has 11 nitrogen and oxygen atoms in total. The third kappa shape index (κ3) is 6.89. The molecule has 0 fully saturated rings. The summed E-state index contributed by atoms with van der Waals surface area (Å²) in [7, 11) is 0. The van der Waals surface area contributed by atoms with Crippen LogP contribution in [0.25, 0.3) is 0 Å². The van der Waals surface area contributed by atoms with Gasteiger partial charge >= 0.3 is 5.97 Å². The van der Waals surface area contributed by atoms with Crippen molar-refractivity contribution < 1.29 is 24.3 Å². The molecule has 2 atom stereocenters. The van der Waals surface area contributed by atoms with Crippen molar-refractivity contribution in [2.75, 3.05) is 6.61 Å². The lowest BCUT2D eigenvalue weighted by Crippen LogP contribution is -2.25. The molecule has 11 heteroatoms. The molecule has 0 spiro atoms. The van der Waals surface area contributed by atoms with Crippen molar-refractivity contribution in [3.63, 3.8) is 0 Å². The Balaban J connectivity index is 1.77. The van der Waals surface area contributed by atoms with Crippen molar-refractivity contribution in [3.8, 4) is 0 Å². The van der Waals surface area contributed by atoms with E-state index in [4.69, 9.17) is 4.74 Å². The maximum absolute atomic E-state index is 12.4. The van der Waals surface area contributed by atoms with Crippen LogP contribution in [0.1, 0.15) is 49.5 Å². The Kier molecular flexibility index (Phi) is 8.54. The van der Waals surface area contributed by atoms with E-state index in [1.54, 1.807) is 24.3 Å². The Bertz CT molecular complexity index is 1420. The average Bonchev–Trinajstić information content (AvgIpc) is 2.85. The number of hydrogen-bond donors (Lipinski definition) is 0. The lowest BCUT2D eigenvalue weighted by atomic mass is 9.66. The van der Waals surface area contributed by atoms with Crippen LogP contribution >= 0.6 is 0 Å². The summed E-state index contributed by atoms with van der Waals surface area (Å²) in [6, 6.07) is 9.15. The average molecular weight is 534 g/mol. The van der Waals surface area contributed by atoms with Gasteiger partial charge < -0.3 is 4.74 Å². The van der Waals surface area contributed by atoms with Crippen molar-refractivity contribution in [2.45, 2.75) is 33.6 Å². The van der Waals surface area contributed by atoms with Gasteiger partial charge in [0.1, 0.15) is 6.61 Å². The predicted octanol–water partition coefficient (Wildman–Crippen LogP) is 6.77. The molecule has 1 aliphatic rings. The summed E-state index contributed by atoms with van der Waals surface area (Å²) < 4.78 is 5.14. The molecule has 2 aromatic rings. The molecule has 1 aliphatic carbocycles. The van der Waals surface area contributed by atoms with Crippen molar-refractivity contribution in [3.05, 3.63) is 131 Å². The molecule has 2 aromatic carbocycles. The first kappa shape index (κ1) is 28.6. The molecule has 0 amide bonds. The fourth-order valence-corrected chi connectivity index (χ4v) is 4.99. The summed E-state index contributed by atoms with van der Waals surface area (Å²) in [5.74, 6) is -0.988. The van der Waals surface area contributed by atoms with E-state index in [0.717, 1.165) is 40.5 Å². The van der Waals surface area contributed by atoms with E-state index in [9.17, 15) is 35.1 Å². The van der Waals surface area contributed by atoms with Crippen molar-refractivity contribution >= 4 is 23.0 Å². The molecule has 0 aromatic heterocycles. The lowest BCUT2D eigenvalue weighted by Gasteiger charge is -2.38. The second-order valence-corrected chi connectivity index (χ2v) is 9.57. The van der Waals surface area contributed by atoms with E-state index in [1.807, 2.05) is 20.8 Å². The highest BCUT2D eigenvalue weighted by Crippen LogP contribution is 2.48. The molecule has 0 aliphatic heterocycles. The minimum atomic E-state index is -0.926. The first-order valence-corrected chi connectivity index (χ1v) is 11.9. The number of non-ortho nitro benzene ring substituents is 3. The van der Waals surface area contributed by atoms with Gasteiger partial charge in [0.25, 0.3) is 17.1 Å². The quantitative estimate of drug-likeness (QED) is 0.148. The number of nitro groups is 3. The van der Waals surface area contributed by atoms with Crippen LogP contribution in [0.15, 0.2) is 89.6 Å². The molecule has 0 radical (unpaired) electrons. The number of carbonyl (C=O) groups is 1. The number of allylic oxidation sites excluding steroid dienone is 7. The standard InChI is InChI=1S/C28H27N3O8/c1-18(6-5-11-39-27(32)22-13-24(30(35)36)15-25(14-22)31(37)38)16-28(4)17-19(2)12-20(3)26(28)21-7-9-23(10-8-21)29(33)34/h5-10,12-17,26H,11H2,1-4H3/b6-5+,18-16+/t26-,28-/m1/s1. The van der Waals surface area contributed by atoms with Crippen LogP contribution in [-0.2, 0) is 4.74 Å². The van der Waals surface area contributed by atoms with Gasteiger partial charge in [-0.3, -0.25) is 30.3 Å². The van der Waals surface area contributed by atoms with Gasteiger partial charge in [0.2, 0.25) is 0 Å². The molecule has 39 heavy (non-hydrogen) atoms. The van der Waals surface area contributed by atoms with Crippen LogP contribution in [-0.4, -0.2) is 27.3 Å². The number of esters is 1. The van der Waals surface area contributed by atoms with E-state index < -0.39 is 37.5 Å². The number of ether oxygens (including phenoxy) is 1. The van der Waals surface area contributed by atoms with Crippen LogP contribution in [0.4, 0.5) is 17.1 Å². The summed E-state index contributed by atoms with van der Waals surface area (Å²) in [5, 5.41) is 33.2. The minimum absolute atomic E-state index is 0.0218. The highest BCUT2D eigenvalue weighted by molar-refractivity contribution is 5.91. The molecule has 0 bridgehead atoms. The Labute approximate surface area is 224 Å². The molecular formula is C28H27N3O8. The number of benzene rings is 2. The number of nitrogens with zero attached hydrogens (tertiary/aromatic N) is 3. The monoisotopic (exact) mass is 533 g/mol. The van der Waals surface area contributed by atoms with Gasteiger partial charge in [-0.1, -0.05) is 60.1 Å². The van der Waals surface area contributed by atoms with Gasteiger partial charge in [-0.15, -0.1) is 0 Å². The maximum Gasteiger partial charge on any atom is 0.338 e. The van der Waals surface area contributed by atoms with Crippen LogP contribution in [0.5, 0.6) is 0 Å². The number of carbonyl (C=O) groups excluding carboxylic acids is 1.